The van der Waals surface area contributed by atoms with Gasteiger partial charge in [0.05, 0.1) is 5.75 Å². The highest BCUT2D eigenvalue weighted by molar-refractivity contribution is 7.90. The van der Waals surface area contributed by atoms with Crippen LogP contribution in [0, 0.1) is 5.39 Å². The smallest absolute Gasteiger partial charge is 0.403 e. The summed E-state index contributed by atoms with van der Waals surface area (Å²) in [5.74, 6) is 0.379. The number of sulfone groups is 1. The van der Waals surface area contributed by atoms with E-state index in [1.54, 1.807) is 30.3 Å². The van der Waals surface area contributed by atoms with Crippen LogP contribution < -0.4 is 9.64 Å². The zero-order valence-electron chi connectivity index (χ0n) is 28.7. The third kappa shape index (κ3) is 8.10. The lowest BCUT2D eigenvalue weighted by Gasteiger charge is -2.38. The molecule has 1 heterocycles. The van der Waals surface area contributed by atoms with E-state index in [0.29, 0.717) is 48.9 Å². The van der Waals surface area contributed by atoms with Crippen LogP contribution in [0.15, 0.2) is 65.6 Å². The van der Waals surface area contributed by atoms with Gasteiger partial charge in [-0.1, -0.05) is 90.4 Å². The van der Waals surface area contributed by atoms with Gasteiger partial charge in [-0.2, -0.15) is 0 Å². The van der Waals surface area contributed by atoms with Gasteiger partial charge in [0.2, 0.25) is 5.39 Å². The van der Waals surface area contributed by atoms with E-state index in [-0.39, 0.29) is 33.1 Å². The van der Waals surface area contributed by atoms with E-state index >= 15 is 0 Å². The Labute approximate surface area is 285 Å². The second-order valence-corrected chi connectivity index (χ2v) is 16.0. The normalized spacial score (nSPS) is 14.9. The summed E-state index contributed by atoms with van der Waals surface area (Å²) in [6.45, 7) is 17.2. The lowest BCUT2D eigenvalue weighted by Crippen LogP contribution is -2.52. The first-order chi connectivity index (χ1) is 22.2. The van der Waals surface area contributed by atoms with E-state index in [1.165, 1.54) is 17.7 Å². The highest BCUT2D eigenvalue weighted by Crippen LogP contribution is 2.39. The monoisotopic (exact) mass is 679 g/mol. The first-order valence-corrected chi connectivity index (χ1v) is 18.5. The molecule has 1 atom stereocenters. The summed E-state index contributed by atoms with van der Waals surface area (Å²) < 4.78 is 33.4. The fourth-order valence-electron chi connectivity index (χ4n) is 5.76. The maximum absolute atomic E-state index is 13.8. The Morgan fingerprint density at radius 2 is 1.60 bits per heavy atom. The van der Waals surface area contributed by atoms with Gasteiger partial charge in [0.25, 0.3) is 5.91 Å². The molecule has 252 valence electrons. The molecule has 1 fully saturated rings. The fraction of sp³-hybridized carbons (Fsp3) is 0.486. The molecule has 0 saturated carbocycles. The van der Waals surface area contributed by atoms with Crippen LogP contribution in [0.4, 0.5) is 11.4 Å². The van der Waals surface area contributed by atoms with Crippen LogP contribution in [-0.4, -0.2) is 51.5 Å². The fourth-order valence-corrected chi connectivity index (χ4v) is 7.58. The molecule has 8 nitrogen and oxygen atoms in total. The Bertz CT molecular complexity index is 1740. The molecule has 47 heavy (non-hydrogen) atoms. The minimum absolute atomic E-state index is 0.0322. The molecule has 1 aliphatic heterocycles. The largest absolute Gasteiger partial charge is 0.480 e. The molecule has 0 bridgehead atoms. The number of ether oxygens (including phenoxy) is 1. The van der Waals surface area contributed by atoms with Gasteiger partial charge in [-0.25, -0.2) is 8.42 Å². The minimum atomic E-state index is -3.88. The Morgan fingerprint density at radius 3 is 2.19 bits per heavy atom. The summed E-state index contributed by atoms with van der Waals surface area (Å²) >= 11 is 6.24. The van der Waals surface area contributed by atoms with Gasteiger partial charge >= 0.3 is 5.69 Å². The van der Waals surface area contributed by atoms with Crippen LogP contribution in [-0.2, 0) is 31.2 Å². The highest BCUT2D eigenvalue weighted by Gasteiger charge is 2.33. The number of benzene rings is 3. The average Bonchev–Trinajstić information content (AvgIpc) is 3.07. The molecule has 3 aromatic carbocycles. The number of nitrogens with zero attached hydrogens (tertiary/aromatic N) is 4. The van der Waals surface area contributed by atoms with Crippen LogP contribution in [0.1, 0.15) is 84.4 Å². The van der Waals surface area contributed by atoms with E-state index in [1.807, 2.05) is 22.8 Å². The highest BCUT2D eigenvalue weighted by atomic mass is 35.5. The molecule has 1 saturated heterocycles. The van der Waals surface area contributed by atoms with Crippen molar-refractivity contribution in [2.24, 2.45) is 0 Å². The molecule has 1 unspecified atom stereocenters. The summed E-state index contributed by atoms with van der Waals surface area (Å²) in [6.07, 6.45) is 1.86. The first-order valence-electron chi connectivity index (χ1n) is 16.5. The molecule has 0 aromatic heterocycles. The quantitative estimate of drug-likeness (QED) is 0.178. The lowest BCUT2D eigenvalue weighted by atomic mass is 9.76. The summed E-state index contributed by atoms with van der Waals surface area (Å²) in [6, 6.07) is 18.0. The summed E-state index contributed by atoms with van der Waals surface area (Å²) in [5, 5.41) is 9.94. The van der Waals surface area contributed by atoms with Crippen molar-refractivity contribution in [1.29, 1.82) is 5.39 Å². The van der Waals surface area contributed by atoms with Crippen molar-refractivity contribution in [2.45, 2.75) is 95.3 Å². The lowest BCUT2D eigenvalue weighted by molar-refractivity contribution is -0.139. The minimum Gasteiger partial charge on any atom is -0.480 e. The number of hydrogen-bond acceptors (Lipinski definition) is 6. The number of carbonyl (C=O) groups is 1. The van der Waals surface area contributed by atoms with E-state index in [0.717, 1.165) is 24.2 Å². The third-order valence-corrected chi connectivity index (χ3v) is 11.9. The maximum Gasteiger partial charge on any atom is 0.403 e. The third-order valence-electron chi connectivity index (χ3n) is 9.82. The predicted octanol–water partition coefficient (Wildman–Crippen LogP) is 8.68. The molecule has 0 aliphatic carbocycles. The van der Waals surface area contributed by atoms with Crippen LogP contribution >= 0.6 is 11.6 Å². The van der Waals surface area contributed by atoms with E-state index < -0.39 is 15.9 Å². The number of carbonyl (C=O) groups excluding carboxylic acids is 1. The first kappa shape index (κ1) is 36.2. The van der Waals surface area contributed by atoms with Crippen LogP contribution in [0.3, 0.4) is 0 Å². The molecule has 0 radical (unpaired) electrons. The van der Waals surface area contributed by atoms with Gasteiger partial charge in [0.15, 0.2) is 25.8 Å². The molecule has 4 rings (SSSR count). The second kappa shape index (κ2) is 14.7. The average molecular weight is 680 g/mol. The van der Waals surface area contributed by atoms with Gasteiger partial charge in [-0.15, -0.1) is 0 Å². The van der Waals surface area contributed by atoms with Crippen LogP contribution in [0.5, 0.6) is 5.75 Å². The van der Waals surface area contributed by atoms with Gasteiger partial charge in [-0.05, 0) is 65.5 Å². The summed E-state index contributed by atoms with van der Waals surface area (Å²) in [5.41, 5.74) is 3.40. The number of piperazine rings is 1. The van der Waals surface area contributed by atoms with E-state index in [9.17, 15) is 18.6 Å². The van der Waals surface area contributed by atoms with Crippen molar-refractivity contribution in [3.05, 3.63) is 87.4 Å². The SMILES string of the molecule is CCC(Oc1ccc(C(C)(C)CC)cc1C(C)(C)CC)C(=O)N1CCN(c2ccc([N+]#N)c(S(=O)(=O)Cc3ccccc3Cl)c2)CC1. The molecule has 0 N–H and O–H groups in total. The molecular weight excluding hydrogens is 632 g/mol. The zero-order chi connectivity index (χ0) is 34.6. The van der Waals surface area contributed by atoms with Gasteiger partial charge in [0.1, 0.15) is 5.75 Å². The molecule has 1 aliphatic rings. The number of anilines is 1. The van der Waals surface area contributed by atoms with Crippen molar-refractivity contribution >= 4 is 38.7 Å². The second-order valence-electron chi connectivity index (χ2n) is 13.6. The van der Waals surface area contributed by atoms with Crippen LogP contribution in [0.25, 0.3) is 4.98 Å². The Balaban J connectivity index is 1.50. The molecule has 1 amide bonds. The van der Waals surface area contributed by atoms with Gasteiger partial charge in [0, 0.05) is 48.5 Å². The number of amides is 1. The standard InChI is InChI=1S/C37H48ClN4O4S/c1-8-32(46-33-18-15-27(36(4,5)9-2)23-29(33)37(6,7)10-3)35(43)42-21-19-41(20-22-42)28-16-17-31(40-39)34(24-28)47(44,45)25-26-13-11-12-14-30(26)38/h11-18,23-24,32H,8-10,19-22,25H2,1-7H3/q+1. The number of halogens is 1. The van der Waals surface area contributed by atoms with E-state index in [4.69, 9.17) is 16.3 Å². The Hall–Kier alpha value is -3.61. The maximum atomic E-state index is 13.8. The predicted molar refractivity (Wildman–Crippen MR) is 190 cm³/mol. The molecule has 10 heteroatoms. The van der Waals surface area contributed by atoms with E-state index in [2.05, 4.69) is 58.7 Å². The van der Waals surface area contributed by atoms with Crippen molar-refractivity contribution in [3.8, 4) is 5.75 Å². The summed E-state index contributed by atoms with van der Waals surface area (Å²) in [4.78, 5) is 20.8. The number of hydrogen-bond donors (Lipinski definition) is 0. The summed E-state index contributed by atoms with van der Waals surface area (Å²) in [7, 11) is -3.88. The Kier molecular flexibility index (Phi) is 11.3. The number of diazo groups is 1. The number of rotatable bonds is 12. The van der Waals surface area contributed by atoms with Gasteiger partial charge in [-0.3, -0.25) is 4.79 Å². The zero-order valence-corrected chi connectivity index (χ0v) is 30.3. The Morgan fingerprint density at radius 1 is 0.936 bits per heavy atom. The molecule has 0 spiro atoms. The molecule has 3 aromatic rings. The van der Waals surface area contributed by atoms with Crippen molar-refractivity contribution < 1.29 is 17.9 Å². The topological polar surface area (TPSA) is 95.1 Å². The van der Waals surface area contributed by atoms with Crippen molar-refractivity contribution in [1.82, 2.24) is 4.90 Å². The van der Waals surface area contributed by atoms with Crippen molar-refractivity contribution in [3.63, 3.8) is 0 Å². The molecular formula is C37H48ClN4O4S+. The van der Waals surface area contributed by atoms with Crippen molar-refractivity contribution in [2.75, 3.05) is 31.1 Å². The van der Waals surface area contributed by atoms with Crippen LogP contribution in [0.2, 0.25) is 5.02 Å². The van der Waals surface area contributed by atoms with Gasteiger partial charge < -0.3 is 14.5 Å².